The van der Waals surface area contributed by atoms with E-state index >= 15 is 0 Å². The second-order valence-electron chi connectivity index (χ2n) is 6.84. The molecule has 0 spiro atoms. The van der Waals surface area contributed by atoms with E-state index in [0.717, 1.165) is 28.6 Å². The number of aromatic nitrogens is 4. The zero-order valence-electron chi connectivity index (χ0n) is 17.0. The van der Waals surface area contributed by atoms with Crippen molar-refractivity contribution in [2.75, 3.05) is 5.32 Å². The number of anilines is 1. The van der Waals surface area contributed by atoms with Crippen LogP contribution in [0, 0.1) is 10.1 Å². The molecule has 0 saturated carbocycles. The molecule has 0 fully saturated rings. The molecule has 2 heterocycles. The normalized spacial score (nSPS) is 12.2. The van der Waals surface area contributed by atoms with Gasteiger partial charge in [0, 0.05) is 29.8 Å². The van der Waals surface area contributed by atoms with E-state index in [1.807, 2.05) is 38.1 Å². The van der Waals surface area contributed by atoms with Gasteiger partial charge in [-0.2, -0.15) is 0 Å². The van der Waals surface area contributed by atoms with Crippen LogP contribution >= 0.6 is 11.8 Å². The Labute approximate surface area is 182 Å². The van der Waals surface area contributed by atoms with Crippen LogP contribution in [0.25, 0.3) is 22.1 Å². The van der Waals surface area contributed by atoms with Gasteiger partial charge in [0.05, 0.1) is 15.7 Å². The summed E-state index contributed by atoms with van der Waals surface area (Å²) in [6.45, 7) is 4.69. The van der Waals surface area contributed by atoms with Crippen LogP contribution in [0.5, 0.6) is 0 Å². The molecule has 0 radical (unpaired) electrons. The number of para-hydroxylation sites is 1. The fourth-order valence-electron chi connectivity index (χ4n) is 3.40. The highest BCUT2D eigenvalue weighted by Crippen LogP contribution is 2.29. The van der Waals surface area contributed by atoms with Crippen molar-refractivity contribution in [1.29, 1.82) is 0 Å². The van der Waals surface area contributed by atoms with E-state index in [9.17, 15) is 14.9 Å². The van der Waals surface area contributed by atoms with Gasteiger partial charge in [-0.1, -0.05) is 36.9 Å². The molecule has 0 bridgehead atoms. The van der Waals surface area contributed by atoms with Crippen LogP contribution in [0.3, 0.4) is 0 Å². The van der Waals surface area contributed by atoms with Crippen molar-refractivity contribution < 1.29 is 9.72 Å². The van der Waals surface area contributed by atoms with E-state index in [1.54, 1.807) is 0 Å². The SMILES string of the molecule is CC[C@H](Sc1nnc2c3ccccc3n(CC)c2n1)C(=O)Nc1ccc([N+](=O)[O-])cc1. The standard InChI is InChI=1S/C21H20N6O3S/c1-3-17(20(28)22-13-9-11-14(12-10-13)27(29)30)31-21-23-19-18(24-25-21)15-7-5-6-8-16(15)26(19)4-2/h5-12,17H,3-4H2,1-2H3,(H,22,28)/t17-/m0/s1. The number of nitrogens with one attached hydrogen (secondary N) is 1. The van der Waals surface area contributed by atoms with Gasteiger partial charge in [0.1, 0.15) is 5.52 Å². The number of thioether (sulfide) groups is 1. The number of nitro benzene ring substituents is 1. The summed E-state index contributed by atoms with van der Waals surface area (Å²) in [7, 11) is 0. The van der Waals surface area contributed by atoms with Gasteiger partial charge in [-0.15, -0.1) is 10.2 Å². The topological polar surface area (TPSA) is 116 Å². The van der Waals surface area contributed by atoms with Crippen LogP contribution in [0.15, 0.2) is 53.7 Å². The molecular formula is C21H20N6O3S. The molecule has 0 aliphatic rings. The lowest BCUT2D eigenvalue weighted by molar-refractivity contribution is -0.384. The van der Waals surface area contributed by atoms with Crippen LogP contribution in [-0.2, 0) is 11.3 Å². The molecule has 0 unspecified atom stereocenters. The van der Waals surface area contributed by atoms with Crippen molar-refractivity contribution >= 4 is 51.1 Å². The zero-order valence-corrected chi connectivity index (χ0v) is 17.8. The van der Waals surface area contributed by atoms with E-state index < -0.39 is 10.2 Å². The molecule has 158 valence electrons. The largest absolute Gasteiger partial charge is 0.325 e. The number of benzene rings is 2. The van der Waals surface area contributed by atoms with Crippen molar-refractivity contribution in [3.05, 3.63) is 58.6 Å². The van der Waals surface area contributed by atoms with Crippen molar-refractivity contribution in [2.45, 2.75) is 37.2 Å². The monoisotopic (exact) mass is 436 g/mol. The number of nitro groups is 1. The summed E-state index contributed by atoms with van der Waals surface area (Å²) in [5.41, 5.74) is 3.00. The smallest absolute Gasteiger partial charge is 0.269 e. The summed E-state index contributed by atoms with van der Waals surface area (Å²) in [6, 6.07) is 13.7. The minimum Gasteiger partial charge on any atom is -0.325 e. The molecule has 2 aromatic carbocycles. The Kier molecular flexibility index (Phi) is 5.81. The molecule has 2 aromatic heterocycles. The lowest BCUT2D eigenvalue weighted by atomic mass is 10.2. The minimum atomic E-state index is -0.480. The Morgan fingerprint density at radius 2 is 1.90 bits per heavy atom. The zero-order chi connectivity index (χ0) is 22.0. The van der Waals surface area contributed by atoms with Gasteiger partial charge in [0.15, 0.2) is 5.65 Å². The first-order valence-electron chi connectivity index (χ1n) is 9.85. The van der Waals surface area contributed by atoms with Crippen LogP contribution in [-0.4, -0.2) is 35.8 Å². The average molecular weight is 436 g/mol. The Hall–Kier alpha value is -3.53. The summed E-state index contributed by atoms with van der Waals surface area (Å²) >= 11 is 1.25. The maximum Gasteiger partial charge on any atom is 0.269 e. The van der Waals surface area contributed by atoms with Gasteiger partial charge in [-0.3, -0.25) is 14.9 Å². The molecule has 1 amide bonds. The number of amides is 1. The first-order valence-corrected chi connectivity index (χ1v) is 10.7. The molecule has 0 aliphatic heterocycles. The third-order valence-corrected chi connectivity index (χ3v) is 6.14. The fraction of sp³-hybridized carbons (Fsp3) is 0.238. The predicted octanol–water partition coefficient (Wildman–Crippen LogP) is 4.42. The molecular weight excluding hydrogens is 416 g/mol. The quantitative estimate of drug-likeness (QED) is 0.259. The van der Waals surface area contributed by atoms with E-state index in [2.05, 4.69) is 25.1 Å². The maximum absolute atomic E-state index is 12.7. The van der Waals surface area contributed by atoms with Gasteiger partial charge in [0.25, 0.3) is 5.69 Å². The van der Waals surface area contributed by atoms with Gasteiger partial charge in [-0.25, -0.2) is 4.98 Å². The fourth-order valence-corrected chi connectivity index (χ4v) is 4.21. The summed E-state index contributed by atoms with van der Waals surface area (Å²) in [5, 5.41) is 23.2. The molecule has 1 atom stereocenters. The second-order valence-corrected chi connectivity index (χ2v) is 8.01. The number of fused-ring (bicyclic) bond motifs is 3. The lowest BCUT2D eigenvalue weighted by Gasteiger charge is -2.13. The molecule has 31 heavy (non-hydrogen) atoms. The molecule has 0 aliphatic carbocycles. The Balaban J connectivity index is 1.57. The Bertz CT molecular complexity index is 1270. The van der Waals surface area contributed by atoms with Crippen LogP contribution in [0.4, 0.5) is 11.4 Å². The van der Waals surface area contributed by atoms with E-state index in [1.165, 1.54) is 36.0 Å². The predicted molar refractivity (Wildman–Crippen MR) is 120 cm³/mol. The van der Waals surface area contributed by atoms with E-state index in [0.29, 0.717) is 17.3 Å². The maximum atomic E-state index is 12.7. The number of hydrogen-bond acceptors (Lipinski definition) is 7. The average Bonchev–Trinajstić information content (AvgIpc) is 3.10. The number of carbonyl (C=O) groups excluding carboxylic acids is 1. The third-order valence-electron chi connectivity index (χ3n) is 4.93. The van der Waals surface area contributed by atoms with Crippen LogP contribution < -0.4 is 5.32 Å². The Morgan fingerprint density at radius 3 is 2.58 bits per heavy atom. The van der Waals surface area contributed by atoms with Crippen molar-refractivity contribution in [1.82, 2.24) is 19.7 Å². The molecule has 10 heteroatoms. The number of aryl methyl sites for hydroxylation is 1. The first kappa shape index (κ1) is 20.7. The van der Waals surface area contributed by atoms with Gasteiger partial charge in [-0.05, 0) is 31.5 Å². The highest BCUT2D eigenvalue weighted by molar-refractivity contribution is 8.00. The summed E-state index contributed by atoms with van der Waals surface area (Å²) in [6.07, 6.45) is 0.557. The van der Waals surface area contributed by atoms with Gasteiger partial charge < -0.3 is 9.88 Å². The molecule has 1 N–H and O–H groups in total. The molecule has 4 aromatic rings. The van der Waals surface area contributed by atoms with Crippen LogP contribution in [0.2, 0.25) is 0 Å². The second kappa shape index (κ2) is 8.68. The summed E-state index contributed by atoms with van der Waals surface area (Å²) in [5.74, 6) is -0.221. The number of carbonyl (C=O) groups is 1. The first-order chi connectivity index (χ1) is 15.0. The highest BCUT2D eigenvalue weighted by atomic mass is 32.2. The summed E-state index contributed by atoms with van der Waals surface area (Å²) < 4.78 is 2.08. The molecule has 0 saturated heterocycles. The number of hydrogen-bond donors (Lipinski definition) is 1. The molecule has 4 rings (SSSR count). The Morgan fingerprint density at radius 1 is 1.16 bits per heavy atom. The number of non-ortho nitro benzene ring substituents is 1. The highest BCUT2D eigenvalue weighted by Gasteiger charge is 2.22. The van der Waals surface area contributed by atoms with Crippen molar-refractivity contribution in [2.24, 2.45) is 0 Å². The van der Waals surface area contributed by atoms with Gasteiger partial charge in [0.2, 0.25) is 11.1 Å². The molecule has 9 nitrogen and oxygen atoms in total. The van der Waals surface area contributed by atoms with Crippen LogP contribution in [0.1, 0.15) is 20.3 Å². The third kappa shape index (κ3) is 4.06. The number of nitrogens with zero attached hydrogens (tertiary/aromatic N) is 5. The van der Waals surface area contributed by atoms with Gasteiger partial charge >= 0.3 is 0 Å². The summed E-state index contributed by atoms with van der Waals surface area (Å²) in [4.78, 5) is 27.7. The van der Waals surface area contributed by atoms with Crippen molar-refractivity contribution in [3.63, 3.8) is 0 Å². The van der Waals surface area contributed by atoms with E-state index in [4.69, 9.17) is 0 Å². The number of rotatable bonds is 7. The lowest BCUT2D eigenvalue weighted by Crippen LogP contribution is -2.24. The van der Waals surface area contributed by atoms with E-state index in [-0.39, 0.29) is 11.6 Å². The minimum absolute atomic E-state index is 0.0292. The van der Waals surface area contributed by atoms with Crippen molar-refractivity contribution in [3.8, 4) is 0 Å².